The second-order valence-electron chi connectivity index (χ2n) is 3.20. The van der Waals surface area contributed by atoms with Crippen LogP contribution in [0, 0.1) is 4.91 Å². The number of urea groups is 1. The van der Waals surface area contributed by atoms with E-state index in [-0.39, 0.29) is 12.4 Å². The SMILES string of the molecule is CCCCCCN=NC(=O)N(CCCl)N=O. The van der Waals surface area contributed by atoms with E-state index in [9.17, 15) is 9.70 Å². The molecule has 0 rings (SSSR count). The summed E-state index contributed by atoms with van der Waals surface area (Å²) in [4.78, 5) is 21.4. The molecule has 0 aliphatic heterocycles. The third kappa shape index (κ3) is 7.28. The van der Waals surface area contributed by atoms with E-state index in [1.165, 1.54) is 0 Å². The maximum atomic E-state index is 11.2. The number of alkyl halides is 1. The van der Waals surface area contributed by atoms with Crippen molar-refractivity contribution in [3.05, 3.63) is 4.91 Å². The maximum Gasteiger partial charge on any atom is 0.384 e. The van der Waals surface area contributed by atoms with Gasteiger partial charge in [0.15, 0.2) is 0 Å². The predicted octanol–water partition coefficient (Wildman–Crippen LogP) is 3.36. The van der Waals surface area contributed by atoms with E-state index in [0.717, 1.165) is 25.7 Å². The van der Waals surface area contributed by atoms with Crippen molar-refractivity contribution in [2.24, 2.45) is 15.5 Å². The minimum atomic E-state index is -0.758. The number of unbranched alkanes of at least 4 members (excludes halogenated alkanes) is 3. The highest BCUT2D eigenvalue weighted by atomic mass is 35.5. The first-order valence-corrected chi connectivity index (χ1v) is 5.88. The molecule has 0 unspecified atom stereocenters. The number of rotatable bonds is 8. The zero-order valence-corrected chi connectivity index (χ0v) is 10.2. The maximum absolute atomic E-state index is 11.2. The van der Waals surface area contributed by atoms with Gasteiger partial charge in [-0.2, -0.15) is 10.1 Å². The van der Waals surface area contributed by atoms with Crippen molar-refractivity contribution in [1.29, 1.82) is 0 Å². The van der Waals surface area contributed by atoms with Crippen LogP contribution in [0.5, 0.6) is 0 Å². The van der Waals surface area contributed by atoms with E-state index in [1.54, 1.807) is 0 Å². The zero-order chi connectivity index (χ0) is 12.2. The van der Waals surface area contributed by atoms with Gasteiger partial charge in [0.1, 0.15) is 0 Å². The first kappa shape index (κ1) is 15.0. The number of halogens is 1. The van der Waals surface area contributed by atoms with Crippen LogP contribution >= 0.6 is 11.6 Å². The zero-order valence-electron chi connectivity index (χ0n) is 9.43. The summed E-state index contributed by atoms with van der Waals surface area (Å²) in [5, 5.41) is 10.2. The minimum absolute atomic E-state index is 0.0543. The topological polar surface area (TPSA) is 74.5 Å². The van der Waals surface area contributed by atoms with E-state index in [0.29, 0.717) is 11.6 Å². The lowest BCUT2D eigenvalue weighted by molar-refractivity contribution is 0.210. The highest BCUT2D eigenvalue weighted by molar-refractivity contribution is 6.18. The fourth-order valence-corrected chi connectivity index (χ4v) is 1.18. The molecule has 0 aromatic carbocycles. The van der Waals surface area contributed by atoms with Crippen molar-refractivity contribution in [3.63, 3.8) is 0 Å². The molecule has 0 fully saturated rings. The summed E-state index contributed by atoms with van der Waals surface area (Å²) in [6.07, 6.45) is 4.27. The number of nitroso groups, excluding NO2 is 1. The van der Waals surface area contributed by atoms with E-state index >= 15 is 0 Å². The van der Waals surface area contributed by atoms with Gasteiger partial charge in [-0.1, -0.05) is 31.3 Å². The number of hydrogen-bond donors (Lipinski definition) is 0. The number of amides is 2. The molecule has 0 saturated heterocycles. The Morgan fingerprint density at radius 3 is 2.62 bits per heavy atom. The van der Waals surface area contributed by atoms with Gasteiger partial charge in [-0.25, -0.2) is 4.79 Å². The Morgan fingerprint density at radius 2 is 2.06 bits per heavy atom. The van der Waals surface area contributed by atoms with Gasteiger partial charge in [0.2, 0.25) is 0 Å². The molecule has 0 aliphatic carbocycles. The van der Waals surface area contributed by atoms with Crippen molar-refractivity contribution in [3.8, 4) is 0 Å². The molecule has 0 saturated carbocycles. The van der Waals surface area contributed by atoms with Gasteiger partial charge in [0, 0.05) is 5.88 Å². The van der Waals surface area contributed by atoms with E-state index < -0.39 is 6.03 Å². The molecule has 0 radical (unpaired) electrons. The van der Waals surface area contributed by atoms with Crippen LogP contribution in [0.15, 0.2) is 15.5 Å². The molecule has 0 bridgehead atoms. The molecule has 16 heavy (non-hydrogen) atoms. The molecule has 0 aromatic heterocycles. The predicted molar refractivity (Wildman–Crippen MR) is 62.5 cm³/mol. The third-order valence-electron chi connectivity index (χ3n) is 1.88. The quantitative estimate of drug-likeness (QED) is 0.217. The second-order valence-corrected chi connectivity index (χ2v) is 3.58. The summed E-state index contributed by atoms with van der Waals surface area (Å²) < 4.78 is 0. The molecule has 0 atom stereocenters. The fraction of sp³-hybridized carbons (Fsp3) is 0.889. The molecular formula is C9H17ClN4O2. The first-order chi connectivity index (χ1) is 7.76. The van der Waals surface area contributed by atoms with Crippen molar-refractivity contribution < 1.29 is 4.79 Å². The van der Waals surface area contributed by atoms with Crippen molar-refractivity contribution in [2.75, 3.05) is 19.0 Å². The third-order valence-corrected chi connectivity index (χ3v) is 2.05. The Labute approximate surface area is 100.0 Å². The number of carbonyl (C=O) groups excluding carboxylic acids is 1. The summed E-state index contributed by atoms with van der Waals surface area (Å²) in [5.41, 5.74) is 0. The molecule has 0 aromatic rings. The normalized spacial score (nSPS) is 10.6. The average molecular weight is 249 g/mol. The number of hydrogen-bond acceptors (Lipinski definition) is 4. The average Bonchev–Trinajstić information content (AvgIpc) is 2.30. The van der Waals surface area contributed by atoms with Gasteiger partial charge in [-0.15, -0.1) is 16.5 Å². The van der Waals surface area contributed by atoms with E-state index in [2.05, 4.69) is 22.4 Å². The largest absolute Gasteiger partial charge is 0.384 e. The first-order valence-electron chi connectivity index (χ1n) is 5.34. The molecule has 0 aliphatic rings. The standard InChI is InChI=1S/C9H17ClN4O2/c1-2-3-4-5-7-11-12-9(15)14(13-16)8-6-10/h2-8H2,1H3. The smallest absolute Gasteiger partial charge is 0.242 e. The van der Waals surface area contributed by atoms with Gasteiger partial charge in [0.25, 0.3) is 0 Å². The molecule has 92 valence electrons. The van der Waals surface area contributed by atoms with Crippen molar-refractivity contribution in [1.82, 2.24) is 5.01 Å². The lowest BCUT2D eigenvalue weighted by Gasteiger charge is -2.05. The molecule has 0 spiro atoms. The second kappa shape index (κ2) is 10.5. The van der Waals surface area contributed by atoms with Crippen LogP contribution in [-0.2, 0) is 0 Å². The molecule has 0 heterocycles. The Bertz CT molecular complexity index is 236. The van der Waals surface area contributed by atoms with Crippen LogP contribution in [0.25, 0.3) is 0 Å². The summed E-state index contributed by atoms with van der Waals surface area (Å²) in [5.74, 6) is 0.142. The lowest BCUT2D eigenvalue weighted by atomic mass is 10.2. The number of azo groups is 1. The van der Waals surface area contributed by atoms with Gasteiger partial charge < -0.3 is 0 Å². The molecule has 6 nitrogen and oxygen atoms in total. The van der Waals surface area contributed by atoms with Crippen LogP contribution in [0.3, 0.4) is 0 Å². The molecule has 2 amide bonds. The van der Waals surface area contributed by atoms with Crippen LogP contribution in [-0.4, -0.2) is 30.0 Å². The number of nitrogens with zero attached hydrogens (tertiary/aromatic N) is 4. The minimum Gasteiger partial charge on any atom is -0.242 e. The molecule has 0 N–H and O–H groups in total. The summed E-state index contributed by atoms with van der Waals surface area (Å²) in [7, 11) is 0. The van der Waals surface area contributed by atoms with Gasteiger partial charge in [0.05, 0.1) is 18.4 Å². The fourth-order valence-electron chi connectivity index (χ4n) is 1.02. The summed E-state index contributed by atoms with van der Waals surface area (Å²) in [6.45, 7) is 2.67. The van der Waals surface area contributed by atoms with E-state index in [1.807, 2.05) is 0 Å². The van der Waals surface area contributed by atoms with Gasteiger partial charge >= 0.3 is 6.03 Å². The lowest BCUT2D eigenvalue weighted by Crippen LogP contribution is -2.23. The Hall–Kier alpha value is -1.04. The summed E-state index contributed by atoms with van der Waals surface area (Å²) >= 11 is 5.37. The van der Waals surface area contributed by atoms with Gasteiger partial charge in [-0.05, 0) is 6.42 Å². The molecular weight excluding hydrogens is 232 g/mol. The van der Waals surface area contributed by atoms with Crippen molar-refractivity contribution in [2.45, 2.75) is 32.6 Å². The Kier molecular flexibility index (Phi) is 9.80. The van der Waals surface area contributed by atoms with Crippen molar-refractivity contribution >= 4 is 17.6 Å². The van der Waals surface area contributed by atoms with E-state index in [4.69, 9.17) is 11.6 Å². The monoisotopic (exact) mass is 248 g/mol. The highest BCUT2D eigenvalue weighted by Gasteiger charge is 2.11. The number of carbonyl (C=O) groups is 1. The Morgan fingerprint density at radius 1 is 1.31 bits per heavy atom. The Balaban J connectivity index is 3.75. The highest BCUT2D eigenvalue weighted by Crippen LogP contribution is 2.00. The van der Waals surface area contributed by atoms with Crippen LogP contribution in [0.2, 0.25) is 0 Å². The van der Waals surface area contributed by atoms with Crippen LogP contribution < -0.4 is 0 Å². The molecule has 7 heteroatoms. The summed E-state index contributed by atoms with van der Waals surface area (Å²) in [6, 6.07) is -0.758. The van der Waals surface area contributed by atoms with Gasteiger partial charge in [-0.3, -0.25) is 0 Å². The van der Waals surface area contributed by atoms with Crippen LogP contribution in [0.4, 0.5) is 4.79 Å². The van der Waals surface area contributed by atoms with Crippen LogP contribution in [0.1, 0.15) is 32.6 Å².